The number of nitrogens with two attached hydrogens (primary N) is 1. The Balaban J connectivity index is 2.20. The minimum Gasteiger partial charge on any atom is -0.398 e. The first-order valence-corrected chi connectivity index (χ1v) is 7.09. The van der Waals surface area contributed by atoms with E-state index in [4.69, 9.17) is 5.73 Å². The first kappa shape index (κ1) is 13.9. The predicted molar refractivity (Wildman–Crippen MR) is 86.6 cm³/mol. The molecule has 2 rings (SSSR count). The van der Waals surface area contributed by atoms with Crippen molar-refractivity contribution in [1.82, 2.24) is 0 Å². The largest absolute Gasteiger partial charge is 0.398 e. The number of nitrogen functional groups attached to an aromatic ring is 1. The molecule has 0 heterocycles. The molecule has 0 aliphatic rings. The van der Waals surface area contributed by atoms with E-state index in [-0.39, 0.29) is 0 Å². The topological polar surface area (TPSA) is 29.3 Å². The fraction of sp³-hybridized carbons (Fsp3) is 0.250. The van der Waals surface area contributed by atoms with E-state index >= 15 is 0 Å². The first-order chi connectivity index (χ1) is 8.97. The molecule has 0 saturated carbocycles. The summed E-state index contributed by atoms with van der Waals surface area (Å²) in [5, 5.41) is 0. The number of anilines is 2. The van der Waals surface area contributed by atoms with E-state index < -0.39 is 0 Å². The van der Waals surface area contributed by atoms with E-state index in [0.29, 0.717) is 0 Å². The van der Waals surface area contributed by atoms with Gasteiger partial charge in [-0.05, 0) is 59.1 Å². The van der Waals surface area contributed by atoms with Gasteiger partial charge in [0.15, 0.2) is 0 Å². The summed E-state index contributed by atoms with van der Waals surface area (Å²) in [6.07, 6.45) is 0. The maximum absolute atomic E-state index is 5.92. The third kappa shape index (κ3) is 3.29. The van der Waals surface area contributed by atoms with E-state index in [0.717, 1.165) is 16.7 Å². The van der Waals surface area contributed by atoms with Gasteiger partial charge >= 0.3 is 0 Å². The predicted octanol–water partition coefficient (Wildman–Crippen LogP) is 4.28. The first-order valence-electron chi connectivity index (χ1n) is 6.29. The van der Waals surface area contributed by atoms with Gasteiger partial charge in [-0.15, -0.1) is 0 Å². The number of hydrogen-bond acceptors (Lipinski definition) is 2. The highest BCUT2D eigenvalue weighted by molar-refractivity contribution is 9.10. The minimum absolute atomic E-state index is 0.784. The molecule has 100 valence electrons. The lowest BCUT2D eigenvalue weighted by Crippen LogP contribution is -2.17. The lowest BCUT2D eigenvalue weighted by molar-refractivity contribution is 0.917. The number of benzene rings is 2. The molecule has 0 spiro atoms. The summed E-state index contributed by atoms with van der Waals surface area (Å²) in [4.78, 5) is 2.25. The molecule has 3 heteroatoms. The SMILES string of the molecule is Cc1ccc(N(C)Cc2ccc(Br)c(N)c2)c(C)c1. The van der Waals surface area contributed by atoms with E-state index in [1.165, 1.54) is 22.4 Å². The molecule has 0 radical (unpaired) electrons. The summed E-state index contributed by atoms with van der Waals surface area (Å²) in [6, 6.07) is 12.6. The fourth-order valence-electron chi connectivity index (χ4n) is 2.28. The van der Waals surface area contributed by atoms with Gasteiger partial charge in [0.1, 0.15) is 0 Å². The molecule has 0 amide bonds. The fourth-order valence-corrected chi connectivity index (χ4v) is 2.53. The quantitative estimate of drug-likeness (QED) is 0.856. The van der Waals surface area contributed by atoms with Crippen molar-refractivity contribution in [3.63, 3.8) is 0 Å². The molecule has 2 aromatic rings. The Morgan fingerprint density at radius 2 is 1.84 bits per heavy atom. The molecule has 0 aromatic heterocycles. The van der Waals surface area contributed by atoms with Crippen LogP contribution in [-0.4, -0.2) is 7.05 Å². The van der Waals surface area contributed by atoms with Gasteiger partial charge in [-0.25, -0.2) is 0 Å². The standard InChI is InChI=1S/C16H19BrN2/c1-11-4-7-16(12(2)8-11)19(3)10-13-5-6-14(17)15(18)9-13/h4-9H,10,18H2,1-3H3. The smallest absolute Gasteiger partial charge is 0.0461 e. The van der Waals surface area contributed by atoms with Gasteiger partial charge < -0.3 is 10.6 Å². The molecule has 0 unspecified atom stereocenters. The van der Waals surface area contributed by atoms with Crippen molar-refractivity contribution in [1.29, 1.82) is 0 Å². The van der Waals surface area contributed by atoms with Gasteiger partial charge in [-0.3, -0.25) is 0 Å². The van der Waals surface area contributed by atoms with Crippen LogP contribution in [0.1, 0.15) is 16.7 Å². The summed E-state index contributed by atoms with van der Waals surface area (Å²) in [7, 11) is 2.11. The number of hydrogen-bond donors (Lipinski definition) is 1. The molecule has 2 N–H and O–H groups in total. The molecule has 2 nitrogen and oxygen atoms in total. The summed E-state index contributed by atoms with van der Waals surface area (Å²) in [6.45, 7) is 5.11. The highest BCUT2D eigenvalue weighted by Crippen LogP contribution is 2.24. The van der Waals surface area contributed by atoms with Crippen LogP contribution in [0.15, 0.2) is 40.9 Å². The number of halogens is 1. The molecule has 0 atom stereocenters. The van der Waals surface area contributed by atoms with Crippen LogP contribution >= 0.6 is 15.9 Å². The molecule has 0 saturated heterocycles. The second kappa shape index (κ2) is 5.66. The van der Waals surface area contributed by atoms with Gasteiger partial charge in [-0.1, -0.05) is 23.8 Å². The number of aryl methyl sites for hydroxylation is 2. The van der Waals surface area contributed by atoms with Crippen LogP contribution < -0.4 is 10.6 Å². The molecule has 19 heavy (non-hydrogen) atoms. The Morgan fingerprint density at radius 3 is 2.47 bits per heavy atom. The monoisotopic (exact) mass is 318 g/mol. The molecule has 0 aliphatic carbocycles. The zero-order chi connectivity index (χ0) is 14.0. The van der Waals surface area contributed by atoms with Gasteiger partial charge in [0.25, 0.3) is 0 Å². The number of nitrogens with zero attached hydrogens (tertiary/aromatic N) is 1. The average molecular weight is 319 g/mol. The second-order valence-electron chi connectivity index (χ2n) is 5.00. The third-order valence-corrected chi connectivity index (χ3v) is 3.97. The lowest BCUT2D eigenvalue weighted by Gasteiger charge is -2.22. The Morgan fingerprint density at radius 1 is 1.11 bits per heavy atom. The lowest BCUT2D eigenvalue weighted by atomic mass is 10.1. The maximum atomic E-state index is 5.92. The normalized spacial score (nSPS) is 10.5. The molecule has 0 aliphatic heterocycles. The third-order valence-electron chi connectivity index (χ3n) is 3.24. The zero-order valence-electron chi connectivity index (χ0n) is 11.6. The second-order valence-corrected chi connectivity index (χ2v) is 5.86. The summed E-state index contributed by atoms with van der Waals surface area (Å²) in [5.41, 5.74) is 11.8. The van der Waals surface area contributed by atoms with Crippen LogP contribution in [-0.2, 0) is 6.54 Å². The van der Waals surface area contributed by atoms with Crippen molar-refractivity contribution >= 4 is 27.3 Å². The Labute approximate surface area is 123 Å². The van der Waals surface area contributed by atoms with Crippen molar-refractivity contribution in [3.8, 4) is 0 Å². The van der Waals surface area contributed by atoms with Gasteiger partial charge in [0.05, 0.1) is 0 Å². The molecular formula is C16H19BrN2. The zero-order valence-corrected chi connectivity index (χ0v) is 13.2. The van der Waals surface area contributed by atoms with E-state index in [1.54, 1.807) is 0 Å². The van der Waals surface area contributed by atoms with Gasteiger partial charge in [-0.2, -0.15) is 0 Å². The Hall–Kier alpha value is -1.48. The van der Waals surface area contributed by atoms with Gasteiger partial charge in [0.2, 0.25) is 0 Å². The highest BCUT2D eigenvalue weighted by Gasteiger charge is 2.06. The minimum atomic E-state index is 0.784. The maximum Gasteiger partial charge on any atom is 0.0461 e. The van der Waals surface area contributed by atoms with Crippen LogP contribution in [0.2, 0.25) is 0 Å². The molecule has 0 fully saturated rings. The van der Waals surface area contributed by atoms with E-state index in [2.05, 4.69) is 66.0 Å². The molecule has 0 bridgehead atoms. The molecular weight excluding hydrogens is 300 g/mol. The van der Waals surface area contributed by atoms with Crippen molar-refractivity contribution in [2.45, 2.75) is 20.4 Å². The Bertz CT molecular complexity index is 593. The Kier molecular flexibility index (Phi) is 4.15. The van der Waals surface area contributed by atoms with E-state index in [9.17, 15) is 0 Å². The number of rotatable bonds is 3. The van der Waals surface area contributed by atoms with Crippen LogP contribution in [0, 0.1) is 13.8 Å². The van der Waals surface area contributed by atoms with Crippen molar-refractivity contribution < 1.29 is 0 Å². The van der Waals surface area contributed by atoms with Crippen LogP contribution in [0.4, 0.5) is 11.4 Å². The summed E-state index contributed by atoms with van der Waals surface area (Å²) < 4.78 is 0.949. The average Bonchev–Trinajstić information content (AvgIpc) is 2.33. The molecule has 2 aromatic carbocycles. The van der Waals surface area contributed by atoms with Crippen LogP contribution in [0.5, 0.6) is 0 Å². The van der Waals surface area contributed by atoms with Crippen LogP contribution in [0.3, 0.4) is 0 Å². The van der Waals surface area contributed by atoms with Crippen LogP contribution in [0.25, 0.3) is 0 Å². The van der Waals surface area contributed by atoms with Crippen molar-refractivity contribution in [3.05, 3.63) is 57.6 Å². The summed E-state index contributed by atoms with van der Waals surface area (Å²) >= 11 is 3.42. The summed E-state index contributed by atoms with van der Waals surface area (Å²) in [5.74, 6) is 0. The van der Waals surface area contributed by atoms with Crippen molar-refractivity contribution in [2.75, 3.05) is 17.7 Å². The highest BCUT2D eigenvalue weighted by atomic mass is 79.9. The van der Waals surface area contributed by atoms with Crippen molar-refractivity contribution in [2.24, 2.45) is 0 Å². The van der Waals surface area contributed by atoms with E-state index in [1.807, 2.05) is 12.1 Å². The van der Waals surface area contributed by atoms with Gasteiger partial charge in [0, 0.05) is 29.4 Å².